The number of rotatable bonds is 3. The molecular formula is C8H6N2O2S2. The monoisotopic (exact) mass is 226 g/mol. The number of hydrogen-bond donors (Lipinski definition) is 0. The van der Waals surface area contributed by atoms with E-state index in [0.29, 0.717) is 16.0 Å². The first-order chi connectivity index (χ1) is 6.78. The summed E-state index contributed by atoms with van der Waals surface area (Å²) < 4.78 is 5.19. The average molecular weight is 226 g/mol. The van der Waals surface area contributed by atoms with Gasteiger partial charge in [0.15, 0.2) is 6.29 Å². The molecule has 0 aromatic carbocycles. The average Bonchev–Trinajstić information content (AvgIpc) is 2.76. The summed E-state index contributed by atoms with van der Waals surface area (Å²) in [7, 11) is 0. The van der Waals surface area contributed by atoms with Crippen molar-refractivity contribution in [3.8, 4) is 0 Å². The van der Waals surface area contributed by atoms with Crippen LogP contribution in [0.5, 0.6) is 0 Å². The molecule has 0 bridgehead atoms. The van der Waals surface area contributed by atoms with E-state index in [1.54, 1.807) is 13.0 Å². The van der Waals surface area contributed by atoms with E-state index in [-0.39, 0.29) is 0 Å². The smallest absolute Gasteiger partial charge is 0.281 e. The van der Waals surface area contributed by atoms with Crippen molar-refractivity contribution < 1.29 is 9.21 Å². The van der Waals surface area contributed by atoms with Crippen LogP contribution >= 0.6 is 23.1 Å². The Balaban J connectivity index is 2.14. The zero-order valence-corrected chi connectivity index (χ0v) is 8.89. The molecule has 14 heavy (non-hydrogen) atoms. The molecule has 0 aliphatic rings. The molecular weight excluding hydrogens is 220 g/mol. The van der Waals surface area contributed by atoms with Crippen LogP contribution in [0.25, 0.3) is 0 Å². The van der Waals surface area contributed by atoms with Crippen molar-refractivity contribution in [2.75, 3.05) is 0 Å². The first-order valence-electron chi connectivity index (χ1n) is 3.79. The third-order valence-corrected chi connectivity index (χ3v) is 3.24. The summed E-state index contributed by atoms with van der Waals surface area (Å²) in [6.07, 6.45) is 0.827. The summed E-state index contributed by atoms with van der Waals surface area (Å²) in [6, 6.07) is 1.79. The van der Waals surface area contributed by atoms with Crippen LogP contribution in [0, 0.1) is 6.92 Å². The van der Waals surface area contributed by atoms with E-state index in [1.165, 1.54) is 23.1 Å². The molecule has 0 amide bonds. The van der Waals surface area contributed by atoms with Gasteiger partial charge in [0.1, 0.15) is 0 Å². The lowest BCUT2D eigenvalue weighted by molar-refractivity contribution is 0.112. The van der Waals surface area contributed by atoms with Crippen molar-refractivity contribution in [2.45, 2.75) is 17.0 Å². The molecule has 6 heteroatoms. The molecule has 72 valence electrons. The normalized spacial score (nSPS) is 10.4. The summed E-state index contributed by atoms with van der Waals surface area (Å²) in [6.45, 7) is 1.74. The van der Waals surface area contributed by atoms with Crippen molar-refractivity contribution >= 4 is 29.4 Å². The minimum atomic E-state index is 0.498. The highest BCUT2D eigenvalue weighted by atomic mass is 32.2. The fourth-order valence-corrected chi connectivity index (χ4v) is 2.48. The van der Waals surface area contributed by atoms with E-state index < -0.39 is 0 Å². The predicted molar refractivity (Wildman–Crippen MR) is 52.9 cm³/mol. The molecule has 0 saturated heterocycles. The van der Waals surface area contributed by atoms with Crippen molar-refractivity contribution in [1.82, 2.24) is 10.2 Å². The summed E-state index contributed by atoms with van der Waals surface area (Å²) >= 11 is 2.75. The van der Waals surface area contributed by atoms with Crippen molar-refractivity contribution in [2.24, 2.45) is 0 Å². The highest BCUT2D eigenvalue weighted by molar-refractivity contribution is 7.99. The van der Waals surface area contributed by atoms with Gasteiger partial charge >= 0.3 is 0 Å². The van der Waals surface area contributed by atoms with E-state index in [1.807, 2.05) is 5.38 Å². The van der Waals surface area contributed by atoms with Gasteiger partial charge in [0.2, 0.25) is 5.89 Å². The molecule has 2 aromatic heterocycles. The number of thiophene rings is 1. The second-order valence-corrected chi connectivity index (χ2v) is 4.46. The van der Waals surface area contributed by atoms with Gasteiger partial charge in [0.05, 0.1) is 4.88 Å². The van der Waals surface area contributed by atoms with Crippen LogP contribution in [0.3, 0.4) is 0 Å². The molecule has 0 unspecified atom stereocenters. The molecule has 4 nitrogen and oxygen atoms in total. The Morgan fingerprint density at radius 1 is 1.57 bits per heavy atom. The third kappa shape index (κ3) is 2.02. The molecule has 0 aliphatic heterocycles. The second kappa shape index (κ2) is 3.93. The largest absolute Gasteiger partial charge is 0.416 e. The van der Waals surface area contributed by atoms with Gasteiger partial charge in [-0.15, -0.1) is 21.5 Å². The van der Waals surface area contributed by atoms with Gasteiger partial charge in [0, 0.05) is 17.2 Å². The van der Waals surface area contributed by atoms with E-state index in [2.05, 4.69) is 10.2 Å². The lowest BCUT2D eigenvalue weighted by Crippen LogP contribution is -1.71. The number of aldehydes is 1. The molecule has 0 fully saturated rings. The number of hydrogen-bond acceptors (Lipinski definition) is 6. The maximum Gasteiger partial charge on any atom is 0.281 e. The zero-order valence-electron chi connectivity index (χ0n) is 7.26. The summed E-state index contributed by atoms with van der Waals surface area (Å²) in [5, 5.41) is 9.93. The van der Waals surface area contributed by atoms with Gasteiger partial charge in [-0.25, -0.2) is 0 Å². The fourth-order valence-electron chi connectivity index (χ4n) is 0.870. The van der Waals surface area contributed by atoms with Crippen LogP contribution in [0.15, 0.2) is 26.0 Å². The first kappa shape index (κ1) is 9.42. The maximum atomic E-state index is 10.4. The van der Waals surface area contributed by atoms with Gasteiger partial charge in [-0.2, -0.15) is 0 Å². The van der Waals surface area contributed by atoms with Crippen LogP contribution in [-0.2, 0) is 0 Å². The maximum absolute atomic E-state index is 10.4. The Labute approximate surface area is 88.3 Å². The Bertz CT molecular complexity index is 450. The van der Waals surface area contributed by atoms with Crippen molar-refractivity contribution in [3.05, 3.63) is 22.2 Å². The topological polar surface area (TPSA) is 56.0 Å². The molecule has 0 saturated carbocycles. The van der Waals surface area contributed by atoms with Gasteiger partial charge in [0.25, 0.3) is 5.22 Å². The van der Waals surface area contributed by atoms with E-state index >= 15 is 0 Å². The number of aryl methyl sites for hydroxylation is 1. The SMILES string of the molecule is Cc1nnc(Sc2csc(C=O)c2)o1. The van der Waals surface area contributed by atoms with Crippen molar-refractivity contribution in [3.63, 3.8) is 0 Å². The Morgan fingerprint density at radius 3 is 3.00 bits per heavy atom. The molecule has 0 atom stereocenters. The lowest BCUT2D eigenvalue weighted by Gasteiger charge is -1.87. The third-order valence-electron chi connectivity index (χ3n) is 1.42. The summed E-state index contributed by atoms with van der Waals surface area (Å²) in [5.74, 6) is 0.540. The standard InChI is InChI=1S/C8H6N2O2S2/c1-5-9-10-8(12-5)14-7-2-6(3-11)13-4-7/h2-4H,1H3. The molecule has 0 N–H and O–H groups in total. The molecule has 0 radical (unpaired) electrons. The second-order valence-electron chi connectivity index (χ2n) is 2.49. The van der Waals surface area contributed by atoms with Gasteiger partial charge in [-0.05, 0) is 17.8 Å². The number of carbonyl (C=O) groups excluding carboxylic acids is 1. The van der Waals surface area contributed by atoms with Gasteiger partial charge in [-0.3, -0.25) is 4.79 Å². The van der Waals surface area contributed by atoms with E-state index in [4.69, 9.17) is 4.42 Å². The zero-order chi connectivity index (χ0) is 9.97. The summed E-state index contributed by atoms with van der Waals surface area (Å²) in [4.78, 5) is 12.1. The molecule has 2 rings (SSSR count). The van der Waals surface area contributed by atoms with Gasteiger partial charge in [-0.1, -0.05) is 0 Å². The molecule has 0 aliphatic carbocycles. The summed E-state index contributed by atoms with van der Waals surface area (Å²) in [5.41, 5.74) is 0. The highest BCUT2D eigenvalue weighted by Gasteiger charge is 2.06. The van der Waals surface area contributed by atoms with Gasteiger partial charge < -0.3 is 4.42 Å². The van der Waals surface area contributed by atoms with Crippen molar-refractivity contribution in [1.29, 1.82) is 0 Å². The van der Waals surface area contributed by atoms with Crippen LogP contribution in [0.1, 0.15) is 15.6 Å². The van der Waals surface area contributed by atoms with Crippen LogP contribution in [0.4, 0.5) is 0 Å². The van der Waals surface area contributed by atoms with Crippen LogP contribution in [0.2, 0.25) is 0 Å². The highest BCUT2D eigenvalue weighted by Crippen LogP contribution is 2.29. The number of aromatic nitrogens is 2. The minimum Gasteiger partial charge on any atom is -0.416 e. The van der Waals surface area contributed by atoms with Crippen LogP contribution < -0.4 is 0 Å². The predicted octanol–water partition coefficient (Wildman–Crippen LogP) is 2.40. The number of carbonyl (C=O) groups is 1. The number of nitrogens with zero attached hydrogens (tertiary/aromatic N) is 2. The molecule has 2 heterocycles. The van der Waals surface area contributed by atoms with E-state index in [0.717, 1.165) is 11.2 Å². The lowest BCUT2D eigenvalue weighted by atomic mass is 10.5. The molecule has 2 aromatic rings. The van der Waals surface area contributed by atoms with E-state index in [9.17, 15) is 4.79 Å². The Kier molecular flexibility index (Phi) is 2.64. The van der Waals surface area contributed by atoms with Crippen LogP contribution in [-0.4, -0.2) is 16.5 Å². The minimum absolute atomic E-state index is 0.498. The fraction of sp³-hybridized carbons (Fsp3) is 0.125. The quantitative estimate of drug-likeness (QED) is 0.752. The molecule has 0 spiro atoms. The first-order valence-corrected chi connectivity index (χ1v) is 5.49. The Hall–Kier alpha value is -1.14. The Morgan fingerprint density at radius 2 is 2.43 bits per heavy atom.